The fraction of sp³-hybridized carbons (Fsp3) is 0.235. The fourth-order valence-electron chi connectivity index (χ4n) is 2.52. The quantitative estimate of drug-likeness (QED) is 0.940. The minimum atomic E-state index is -0.460. The van der Waals surface area contributed by atoms with Gasteiger partial charge in [-0.1, -0.05) is 18.2 Å². The Morgan fingerprint density at radius 1 is 1.18 bits per heavy atom. The van der Waals surface area contributed by atoms with Gasteiger partial charge in [-0.05, 0) is 31.2 Å². The zero-order valence-electron chi connectivity index (χ0n) is 12.5. The van der Waals surface area contributed by atoms with Crippen LogP contribution in [0.3, 0.4) is 0 Å². The van der Waals surface area contributed by atoms with Crippen molar-refractivity contribution in [2.24, 2.45) is 0 Å². The third-order valence-electron chi connectivity index (χ3n) is 3.52. The first-order chi connectivity index (χ1) is 10.7. The molecule has 0 spiro atoms. The first kappa shape index (κ1) is 14.3. The van der Waals surface area contributed by atoms with Gasteiger partial charge in [0, 0.05) is 11.1 Å². The van der Waals surface area contributed by atoms with Crippen molar-refractivity contribution in [1.82, 2.24) is 5.32 Å². The molecule has 0 bridgehead atoms. The Hall–Kier alpha value is -2.69. The van der Waals surface area contributed by atoms with Crippen molar-refractivity contribution in [2.45, 2.75) is 13.0 Å². The smallest absolute Gasteiger partial charge is 0.407 e. The number of amides is 1. The van der Waals surface area contributed by atoms with Gasteiger partial charge in [-0.15, -0.1) is 0 Å². The van der Waals surface area contributed by atoms with Crippen LogP contribution in [0.5, 0.6) is 17.2 Å². The molecule has 0 saturated heterocycles. The summed E-state index contributed by atoms with van der Waals surface area (Å²) in [6.07, 6.45) is -0.460. The number of benzene rings is 2. The lowest BCUT2D eigenvalue weighted by Gasteiger charge is -2.28. The van der Waals surface area contributed by atoms with Crippen LogP contribution in [0.2, 0.25) is 0 Å². The summed E-state index contributed by atoms with van der Waals surface area (Å²) in [5.41, 5.74) is 1.72. The summed E-state index contributed by atoms with van der Waals surface area (Å²) < 4.78 is 16.2. The summed E-state index contributed by atoms with van der Waals surface area (Å²) in [6, 6.07) is 12.8. The third kappa shape index (κ3) is 2.57. The molecule has 2 aromatic rings. The number of hydrogen-bond acceptors (Lipinski definition) is 4. The van der Waals surface area contributed by atoms with E-state index in [2.05, 4.69) is 5.32 Å². The minimum absolute atomic E-state index is 0.321. The van der Waals surface area contributed by atoms with E-state index in [9.17, 15) is 4.79 Å². The van der Waals surface area contributed by atoms with Crippen molar-refractivity contribution in [3.05, 3.63) is 53.6 Å². The topological polar surface area (TPSA) is 56.8 Å². The maximum atomic E-state index is 11.9. The number of hydrogen-bond donors (Lipinski definition) is 1. The summed E-state index contributed by atoms with van der Waals surface area (Å²) in [6.45, 7) is 2.09. The van der Waals surface area contributed by atoms with E-state index in [1.54, 1.807) is 14.0 Å². The molecule has 0 radical (unpaired) electrons. The Morgan fingerprint density at radius 2 is 1.95 bits per heavy atom. The number of fused-ring (bicyclic) bond motifs is 2. The first-order valence-electron chi connectivity index (χ1n) is 7.11. The molecule has 2 aromatic carbocycles. The number of ether oxygens (including phenoxy) is 3. The highest BCUT2D eigenvalue weighted by Crippen LogP contribution is 2.43. The van der Waals surface area contributed by atoms with Gasteiger partial charge in [0.1, 0.15) is 17.2 Å². The predicted molar refractivity (Wildman–Crippen MR) is 81.5 cm³/mol. The van der Waals surface area contributed by atoms with E-state index in [4.69, 9.17) is 14.2 Å². The largest absolute Gasteiger partial charge is 0.497 e. The standard InChI is InChI=1S/C17H17NO4/c1-3-21-17(19)18-16-12-6-4-5-7-14(12)22-15-9-8-11(20-2)10-13(15)16/h4-10,16H,3H2,1-2H3,(H,18,19). The molecule has 5 nitrogen and oxygen atoms in total. The van der Waals surface area contributed by atoms with Gasteiger partial charge in [0.05, 0.1) is 19.8 Å². The zero-order chi connectivity index (χ0) is 15.5. The van der Waals surface area contributed by atoms with E-state index >= 15 is 0 Å². The molecular weight excluding hydrogens is 282 g/mol. The second-order valence-corrected chi connectivity index (χ2v) is 4.84. The molecule has 5 heteroatoms. The number of carbonyl (C=O) groups is 1. The molecule has 114 valence electrons. The van der Waals surface area contributed by atoms with Crippen molar-refractivity contribution in [3.8, 4) is 17.2 Å². The van der Waals surface area contributed by atoms with Crippen molar-refractivity contribution in [3.63, 3.8) is 0 Å². The molecule has 0 saturated carbocycles. The lowest BCUT2D eigenvalue weighted by Crippen LogP contribution is -2.31. The van der Waals surface area contributed by atoms with Gasteiger partial charge in [0.25, 0.3) is 0 Å². The highest BCUT2D eigenvalue weighted by atomic mass is 16.5. The molecule has 0 fully saturated rings. The second-order valence-electron chi connectivity index (χ2n) is 4.84. The van der Waals surface area contributed by atoms with Crippen LogP contribution in [0.25, 0.3) is 0 Å². The summed E-state index contributed by atoms with van der Waals surface area (Å²) in [5.74, 6) is 2.13. The summed E-state index contributed by atoms with van der Waals surface area (Å²) >= 11 is 0. The highest BCUT2D eigenvalue weighted by molar-refractivity contribution is 5.70. The van der Waals surface area contributed by atoms with Gasteiger partial charge in [-0.2, -0.15) is 0 Å². The molecule has 1 aliphatic rings. The van der Waals surface area contributed by atoms with E-state index in [-0.39, 0.29) is 6.04 Å². The Bertz CT molecular complexity index is 699. The van der Waals surface area contributed by atoms with Crippen molar-refractivity contribution in [1.29, 1.82) is 0 Å². The van der Waals surface area contributed by atoms with E-state index < -0.39 is 6.09 Å². The maximum absolute atomic E-state index is 11.9. The molecule has 1 atom stereocenters. The molecule has 3 rings (SSSR count). The lowest BCUT2D eigenvalue weighted by atomic mass is 9.94. The summed E-state index contributed by atoms with van der Waals surface area (Å²) in [4.78, 5) is 11.9. The third-order valence-corrected chi connectivity index (χ3v) is 3.52. The Kier molecular flexibility index (Phi) is 3.87. The van der Waals surface area contributed by atoms with Gasteiger partial charge in [0.15, 0.2) is 0 Å². The molecule has 1 N–H and O–H groups in total. The van der Waals surface area contributed by atoms with Gasteiger partial charge in [-0.25, -0.2) is 4.79 Å². The van der Waals surface area contributed by atoms with Gasteiger partial charge in [-0.3, -0.25) is 0 Å². The lowest BCUT2D eigenvalue weighted by molar-refractivity contribution is 0.149. The van der Waals surface area contributed by atoms with Crippen LogP contribution in [-0.2, 0) is 4.74 Å². The minimum Gasteiger partial charge on any atom is -0.497 e. The maximum Gasteiger partial charge on any atom is 0.407 e. The summed E-state index contributed by atoms with van der Waals surface area (Å²) in [5, 5.41) is 2.89. The van der Waals surface area contributed by atoms with Gasteiger partial charge in [0.2, 0.25) is 0 Å². The van der Waals surface area contributed by atoms with Crippen molar-refractivity contribution < 1.29 is 19.0 Å². The molecule has 1 heterocycles. The molecule has 1 aliphatic heterocycles. The Labute approximate surface area is 128 Å². The number of para-hydroxylation sites is 1. The van der Waals surface area contributed by atoms with E-state index in [1.807, 2.05) is 42.5 Å². The SMILES string of the molecule is CCOC(=O)NC1c2ccccc2Oc2ccc(OC)cc21. The monoisotopic (exact) mass is 299 g/mol. The van der Waals surface area contributed by atoms with E-state index in [1.165, 1.54) is 0 Å². The number of alkyl carbamates (subject to hydrolysis) is 1. The Morgan fingerprint density at radius 3 is 2.73 bits per heavy atom. The number of methoxy groups -OCH3 is 1. The van der Waals surface area contributed by atoms with Crippen LogP contribution >= 0.6 is 0 Å². The zero-order valence-corrected chi connectivity index (χ0v) is 12.5. The van der Waals surface area contributed by atoms with Crippen LogP contribution in [-0.4, -0.2) is 19.8 Å². The van der Waals surface area contributed by atoms with E-state index in [0.29, 0.717) is 18.1 Å². The molecule has 0 aromatic heterocycles. The molecular formula is C17H17NO4. The highest BCUT2D eigenvalue weighted by Gasteiger charge is 2.29. The second kappa shape index (κ2) is 5.97. The number of nitrogens with one attached hydrogen (secondary N) is 1. The normalized spacial score (nSPS) is 15.1. The van der Waals surface area contributed by atoms with Crippen LogP contribution in [0, 0.1) is 0 Å². The number of rotatable bonds is 3. The molecule has 1 unspecified atom stereocenters. The molecule has 1 amide bonds. The van der Waals surface area contributed by atoms with Crippen molar-refractivity contribution >= 4 is 6.09 Å². The van der Waals surface area contributed by atoms with Crippen LogP contribution in [0.4, 0.5) is 4.79 Å². The van der Waals surface area contributed by atoms with E-state index in [0.717, 1.165) is 16.9 Å². The first-order valence-corrected chi connectivity index (χ1v) is 7.11. The van der Waals surface area contributed by atoms with Crippen LogP contribution in [0.15, 0.2) is 42.5 Å². The van der Waals surface area contributed by atoms with Crippen LogP contribution in [0.1, 0.15) is 24.1 Å². The van der Waals surface area contributed by atoms with Crippen molar-refractivity contribution in [2.75, 3.05) is 13.7 Å². The van der Waals surface area contributed by atoms with Crippen LogP contribution < -0.4 is 14.8 Å². The summed E-state index contributed by atoms with van der Waals surface area (Å²) in [7, 11) is 1.60. The van der Waals surface area contributed by atoms with Gasteiger partial charge >= 0.3 is 6.09 Å². The fourth-order valence-corrected chi connectivity index (χ4v) is 2.52. The molecule has 0 aliphatic carbocycles. The molecule has 22 heavy (non-hydrogen) atoms. The predicted octanol–water partition coefficient (Wildman–Crippen LogP) is 3.64. The average Bonchev–Trinajstić information content (AvgIpc) is 2.54. The Balaban J connectivity index is 2.04. The average molecular weight is 299 g/mol. The van der Waals surface area contributed by atoms with Gasteiger partial charge < -0.3 is 19.5 Å². The number of carbonyl (C=O) groups excluding carboxylic acids is 1.